The fraction of sp³-hybridized carbons (Fsp3) is 1.00. The zero-order valence-electron chi connectivity index (χ0n) is 14.9. The van der Waals surface area contributed by atoms with Gasteiger partial charge >= 0.3 is 0 Å². The maximum atomic E-state index is 5.65. The average molecular weight is 302 g/mol. The number of ether oxygens (including phenoxy) is 2. The molecule has 0 aromatic carbocycles. The molecule has 128 valence electrons. The van der Waals surface area contributed by atoms with Gasteiger partial charge in [-0.3, -0.25) is 0 Å². The van der Waals surface area contributed by atoms with Crippen molar-refractivity contribution < 1.29 is 9.47 Å². The summed E-state index contributed by atoms with van der Waals surface area (Å²) in [4.78, 5) is 2.59. The van der Waals surface area contributed by atoms with Crippen LogP contribution >= 0.6 is 0 Å². The highest BCUT2D eigenvalue weighted by molar-refractivity contribution is 4.59. The van der Waals surface area contributed by atoms with E-state index in [0.717, 1.165) is 33.0 Å². The monoisotopic (exact) mass is 301 g/mol. The van der Waals surface area contributed by atoms with Crippen molar-refractivity contribution in [1.29, 1.82) is 0 Å². The van der Waals surface area contributed by atoms with Crippen LogP contribution in [0.1, 0.15) is 72.1 Å². The van der Waals surface area contributed by atoms with Crippen LogP contribution in [0.4, 0.5) is 0 Å². The normalized spacial score (nSPS) is 11.4. The van der Waals surface area contributed by atoms with Crippen molar-refractivity contribution in [3.05, 3.63) is 0 Å². The van der Waals surface area contributed by atoms with E-state index in [4.69, 9.17) is 9.47 Å². The molecule has 0 atom stereocenters. The average Bonchev–Trinajstić information content (AvgIpc) is 2.50. The first-order chi connectivity index (χ1) is 10.3. The van der Waals surface area contributed by atoms with Gasteiger partial charge in [0.2, 0.25) is 0 Å². The van der Waals surface area contributed by atoms with E-state index in [1.807, 2.05) is 6.92 Å². The van der Waals surface area contributed by atoms with E-state index < -0.39 is 0 Å². The summed E-state index contributed by atoms with van der Waals surface area (Å²) in [6.07, 6.45) is 10.8. The van der Waals surface area contributed by atoms with E-state index in [0.29, 0.717) is 0 Å². The molecule has 0 heterocycles. The summed E-state index contributed by atoms with van der Waals surface area (Å²) in [7, 11) is 0. The van der Waals surface area contributed by atoms with Crippen molar-refractivity contribution in [3.63, 3.8) is 0 Å². The van der Waals surface area contributed by atoms with Crippen molar-refractivity contribution >= 4 is 0 Å². The van der Waals surface area contributed by atoms with Crippen LogP contribution in [-0.4, -0.2) is 51.0 Å². The molecular formula is C18H39NO2. The molecule has 21 heavy (non-hydrogen) atoms. The highest BCUT2D eigenvalue weighted by atomic mass is 16.5. The Bertz CT molecular complexity index is 176. The third kappa shape index (κ3) is 16.1. The first-order valence-corrected chi connectivity index (χ1v) is 9.22. The summed E-state index contributed by atoms with van der Waals surface area (Å²) < 4.78 is 10.9. The van der Waals surface area contributed by atoms with Crippen LogP contribution in [0, 0.1) is 0 Å². The molecule has 0 saturated carbocycles. The molecule has 0 N–H and O–H groups in total. The molecule has 3 heteroatoms. The van der Waals surface area contributed by atoms with Gasteiger partial charge in [0.25, 0.3) is 0 Å². The third-order valence-electron chi connectivity index (χ3n) is 3.78. The smallest absolute Gasteiger partial charge is 0.0701 e. The van der Waals surface area contributed by atoms with E-state index in [1.54, 1.807) is 0 Å². The van der Waals surface area contributed by atoms with Gasteiger partial charge in [0.1, 0.15) is 0 Å². The van der Waals surface area contributed by atoms with Gasteiger partial charge in [-0.25, -0.2) is 0 Å². The summed E-state index contributed by atoms with van der Waals surface area (Å²) in [6, 6.07) is 0. The molecule has 0 unspecified atom stereocenters. The van der Waals surface area contributed by atoms with E-state index in [9.17, 15) is 0 Å². The van der Waals surface area contributed by atoms with Crippen LogP contribution in [0.3, 0.4) is 0 Å². The van der Waals surface area contributed by atoms with Gasteiger partial charge in [-0.05, 0) is 32.9 Å². The van der Waals surface area contributed by atoms with Crippen LogP contribution < -0.4 is 0 Å². The molecule has 0 fully saturated rings. The quantitative estimate of drug-likeness (QED) is 0.369. The number of nitrogens with zero attached hydrogens (tertiary/aromatic N) is 1. The van der Waals surface area contributed by atoms with Gasteiger partial charge in [-0.15, -0.1) is 0 Å². The molecule has 0 amide bonds. The standard InChI is InChI=1S/C18H39NO2/c1-4-7-9-11-13-19(14-12-10-8-5-2)15-16-21-18-17-20-6-3/h4-18H2,1-3H3. The zero-order chi connectivity index (χ0) is 15.6. The van der Waals surface area contributed by atoms with Gasteiger partial charge in [0, 0.05) is 13.2 Å². The summed E-state index contributed by atoms with van der Waals surface area (Å²) >= 11 is 0. The Labute approximate surface area is 133 Å². The van der Waals surface area contributed by atoms with Crippen LogP contribution in [0.5, 0.6) is 0 Å². The number of hydrogen-bond donors (Lipinski definition) is 0. The maximum absolute atomic E-state index is 5.65. The van der Waals surface area contributed by atoms with Crippen molar-refractivity contribution in [2.75, 3.05) is 46.1 Å². The lowest BCUT2D eigenvalue weighted by Gasteiger charge is -2.22. The Morgan fingerprint density at radius 1 is 0.571 bits per heavy atom. The van der Waals surface area contributed by atoms with E-state index in [-0.39, 0.29) is 0 Å². The molecule has 0 aliphatic carbocycles. The van der Waals surface area contributed by atoms with Gasteiger partial charge in [-0.2, -0.15) is 0 Å². The predicted molar refractivity (Wildman–Crippen MR) is 92.0 cm³/mol. The molecule has 0 aromatic rings. The molecule has 0 aliphatic rings. The lowest BCUT2D eigenvalue weighted by atomic mass is 10.1. The van der Waals surface area contributed by atoms with Gasteiger partial charge in [-0.1, -0.05) is 52.4 Å². The Balaban J connectivity index is 3.67. The van der Waals surface area contributed by atoms with Gasteiger partial charge < -0.3 is 14.4 Å². The van der Waals surface area contributed by atoms with Crippen molar-refractivity contribution in [2.45, 2.75) is 72.1 Å². The topological polar surface area (TPSA) is 21.7 Å². The largest absolute Gasteiger partial charge is 0.379 e. The van der Waals surface area contributed by atoms with Crippen molar-refractivity contribution in [1.82, 2.24) is 4.90 Å². The van der Waals surface area contributed by atoms with E-state index in [1.165, 1.54) is 64.5 Å². The Morgan fingerprint density at radius 3 is 1.67 bits per heavy atom. The molecule has 3 nitrogen and oxygen atoms in total. The molecule has 0 saturated heterocycles. The summed E-state index contributed by atoms with van der Waals surface area (Å²) in [5, 5.41) is 0. The highest BCUT2D eigenvalue weighted by Gasteiger charge is 2.04. The Morgan fingerprint density at radius 2 is 1.14 bits per heavy atom. The molecular weight excluding hydrogens is 262 g/mol. The second-order valence-corrected chi connectivity index (χ2v) is 5.77. The SMILES string of the molecule is CCCCCCN(CCCCCC)CCOCCOCC. The number of hydrogen-bond acceptors (Lipinski definition) is 3. The number of unbranched alkanes of at least 4 members (excludes halogenated alkanes) is 6. The predicted octanol–water partition coefficient (Wildman–Crippen LogP) is 4.50. The summed E-state index contributed by atoms with van der Waals surface area (Å²) in [6.45, 7) is 13.2. The van der Waals surface area contributed by atoms with Crippen molar-refractivity contribution in [3.8, 4) is 0 Å². The molecule has 0 bridgehead atoms. The Kier molecular flexibility index (Phi) is 17.8. The second kappa shape index (κ2) is 17.9. The minimum absolute atomic E-state index is 0.726. The lowest BCUT2D eigenvalue weighted by molar-refractivity contribution is 0.0424. The maximum Gasteiger partial charge on any atom is 0.0701 e. The summed E-state index contributed by atoms with van der Waals surface area (Å²) in [5.41, 5.74) is 0. The highest BCUT2D eigenvalue weighted by Crippen LogP contribution is 2.05. The fourth-order valence-corrected chi connectivity index (χ4v) is 2.42. The van der Waals surface area contributed by atoms with E-state index in [2.05, 4.69) is 18.7 Å². The fourth-order valence-electron chi connectivity index (χ4n) is 2.42. The molecule has 0 aliphatic heterocycles. The third-order valence-corrected chi connectivity index (χ3v) is 3.78. The van der Waals surface area contributed by atoms with Gasteiger partial charge in [0.15, 0.2) is 0 Å². The van der Waals surface area contributed by atoms with Crippen LogP contribution in [0.2, 0.25) is 0 Å². The van der Waals surface area contributed by atoms with E-state index >= 15 is 0 Å². The van der Waals surface area contributed by atoms with Crippen LogP contribution in [0.15, 0.2) is 0 Å². The lowest BCUT2D eigenvalue weighted by Crippen LogP contribution is -2.30. The number of rotatable bonds is 17. The minimum Gasteiger partial charge on any atom is -0.379 e. The van der Waals surface area contributed by atoms with Crippen LogP contribution in [-0.2, 0) is 9.47 Å². The minimum atomic E-state index is 0.726. The first kappa shape index (κ1) is 20.9. The van der Waals surface area contributed by atoms with Crippen LogP contribution in [0.25, 0.3) is 0 Å². The molecule has 0 radical (unpaired) electrons. The zero-order valence-corrected chi connectivity index (χ0v) is 14.9. The Hall–Kier alpha value is -0.120. The first-order valence-electron chi connectivity index (χ1n) is 9.22. The summed E-state index contributed by atoms with van der Waals surface area (Å²) in [5.74, 6) is 0. The molecule has 0 aromatic heterocycles. The van der Waals surface area contributed by atoms with Gasteiger partial charge in [0.05, 0.1) is 19.8 Å². The molecule has 0 spiro atoms. The van der Waals surface area contributed by atoms with Crippen molar-refractivity contribution in [2.24, 2.45) is 0 Å². The molecule has 0 rings (SSSR count). The second-order valence-electron chi connectivity index (χ2n) is 5.77.